The predicted molar refractivity (Wildman–Crippen MR) is 86.8 cm³/mol. The molecule has 1 aliphatic carbocycles. The summed E-state index contributed by atoms with van der Waals surface area (Å²) < 4.78 is 53.5. The largest absolute Gasteiger partial charge is 0.438 e. The average Bonchev–Trinajstić information content (AvgIpc) is 2.74. The number of thiocarbonyl (C=S) groups is 1. The van der Waals surface area contributed by atoms with Crippen LogP contribution in [0.4, 0.5) is 17.6 Å². The summed E-state index contributed by atoms with van der Waals surface area (Å²) in [5.41, 5.74) is -2.73. The highest BCUT2D eigenvalue weighted by molar-refractivity contribution is 7.80. The van der Waals surface area contributed by atoms with E-state index in [0.717, 1.165) is 0 Å². The van der Waals surface area contributed by atoms with E-state index in [4.69, 9.17) is 12.2 Å². The summed E-state index contributed by atoms with van der Waals surface area (Å²) >= 11 is 4.94. The molecule has 1 atom stereocenters. The van der Waals surface area contributed by atoms with E-state index in [1.54, 1.807) is 25.2 Å². The molecule has 24 heavy (non-hydrogen) atoms. The molecule has 0 bridgehead atoms. The van der Waals surface area contributed by atoms with Crippen LogP contribution in [0.3, 0.4) is 0 Å². The van der Waals surface area contributed by atoms with Crippen LogP contribution in [-0.2, 0) is 0 Å². The van der Waals surface area contributed by atoms with Gasteiger partial charge in [-0.3, -0.25) is 0 Å². The van der Waals surface area contributed by atoms with Crippen molar-refractivity contribution >= 4 is 23.0 Å². The SMILES string of the molecule is CCC1=NN(C(=S)NCC2=C(F)CC=CC=C2)C(O)(C(F)(F)F)C1. The van der Waals surface area contributed by atoms with Crippen LogP contribution in [0.5, 0.6) is 0 Å². The Kier molecular flexibility index (Phi) is 5.44. The van der Waals surface area contributed by atoms with Crippen molar-refractivity contribution in [3.8, 4) is 0 Å². The van der Waals surface area contributed by atoms with Gasteiger partial charge in [0, 0.05) is 30.7 Å². The molecule has 2 rings (SSSR count). The lowest BCUT2D eigenvalue weighted by atomic mass is 10.1. The fourth-order valence-electron chi connectivity index (χ4n) is 2.29. The van der Waals surface area contributed by atoms with Gasteiger partial charge in [0.15, 0.2) is 5.11 Å². The fourth-order valence-corrected chi connectivity index (χ4v) is 2.56. The molecule has 9 heteroatoms. The van der Waals surface area contributed by atoms with Crippen LogP contribution in [0.1, 0.15) is 26.2 Å². The Hall–Kier alpha value is -1.74. The van der Waals surface area contributed by atoms with Gasteiger partial charge in [-0.25, -0.2) is 4.39 Å². The highest BCUT2D eigenvalue weighted by Crippen LogP contribution is 2.40. The van der Waals surface area contributed by atoms with E-state index in [9.17, 15) is 22.7 Å². The quantitative estimate of drug-likeness (QED) is 0.597. The Morgan fingerprint density at radius 1 is 1.46 bits per heavy atom. The summed E-state index contributed by atoms with van der Waals surface area (Å²) in [5, 5.41) is 16.3. The van der Waals surface area contributed by atoms with Gasteiger partial charge in [0.2, 0.25) is 0 Å². The second-order valence-electron chi connectivity index (χ2n) is 5.40. The van der Waals surface area contributed by atoms with Gasteiger partial charge in [-0.15, -0.1) is 0 Å². The molecule has 0 aromatic rings. The van der Waals surface area contributed by atoms with E-state index in [1.807, 2.05) is 0 Å². The van der Waals surface area contributed by atoms with Crippen molar-refractivity contribution in [3.63, 3.8) is 0 Å². The minimum atomic E-state index is -4.93. The number of alkyl halides is 3. The number of hydrazone groups is 1. The first-order valence-electron chi connectivity index (χ1n) is 7.33. The van der Waals surface area contributed by atoms with Crippen LogP contribution in [0.15, 0.2) is 40.8 Å². The minimum absolute atomic E-state index is 0.102. The van der Waals surface area contributed by atoms with Crippen LogP contribution in [0.25, 0.3) is 0 Å². The minimum Gasteiger partial charge on any atom is -0.362 e. The van der Waals surface area contributed by atoms with Crippen LogP contribution < -0.4 is 5.32 Å². The Labute approximate surface area is 142 Å². The number of nitrogens with zero attached hydrogens (tertiary/aromatic N) is 2. The second kappa shape index (κ2) is 7.02. The molecule has 0 amide bonds. The van der Waals surface area contributed by atoms with E-state index in [2.05, 4.69) is 10.4 Å². The van der Waals surface area contributed by atoms with Gasteiger partial charge in [-0.2, -0.15) is 23.3 Å². The van der Waals surface area contributed by atoms with Gasteiger partial charge < -0.3 is 10.4 Å². The Balaban J connectivity index is 2.14. The summed E-state index contributed by atoms with van der Waals surface area (Å²) in [6, 6.07) is 0. The molecule has 0 spiro atoms. The molecule has 0 aromatic carbocycles. The molecule has 0 fully saturated rings. The molecular weight excluding hydrogens is 346 g/mol. The zero-order chi connectivity index (χ0) is 18.0. The normalized spacial score (nSPS) is 24.2. The van der Waals surface area contributed by atoms with Crippen LogP contribution in [0, 0.1) is 0 Å². The van der Waals surface area contributed by atoms with E-state index in [0.29, 0.717) is 5.01 Å². The maximum Gasteiger partial charge on any atom is 0.438 e. The molecule has 1 aliphatic heterocycles. The van der Waals surface area contributed by atoms with Gasteiger partial charge in [-0.05, 0) is 18.6 Å². The Bertz CT molecular complexity index is 639. The Morgan fingerprint density at radius 3 is 2.79 bits per heavy atom. The zero-order valence-corrected chi connectivity index (χ0v) is 13.7. The molecule has 0 aromatic heterocycles. The number of hydrogen-bond acceptors (Lipinski definition) is 3. The summed E-state index contributed by atoms with van der Waals surface area (Å²) in [6.45, 7) is 1.53. The maximum atomic E-state index is 13.8. The van der Waals surface area contributed by atoms with Gasteiger partial charge in [0.05, 0.1) is 0 Å². The molecule has 4 nitrogen and oxygen atoms in total. The van der Waals surface area contributed by atoms with Crippen molar-refractivity contribution in [1.29, 1.82) is 0 Å². The van der Waals surface area contributed by atoms with Gasteiger partial charge in [0.25, 0.3) is 5.72 Å². The number of rotatable bonds is 3. The monoisotopic (exact) mass is 363 g/mol. The standard InChI is InChI=1S/C15H17F4N3OS/c1-2-11-8-14(23,15(17,18)19)22(21-11)13(24)20-9-10-6-4-3-5-7-12(10)16/h3-6,23H,2,7-9H2,1H3,(H,20,24). The maximum absolute atomic E-state index is 13.8. The second-order valence-corrected chi connectivity index (χ2v) is 5.79. The smallest absolute Gasteiger partial charge is 0.362 e. The first-order chi connectivity index (χ1) is 11.2. The molecule has 0 radical (unpaired) electrons. The molecule has 2 N–H and O–H groups in total. The number of nitrogens with one attached hydrogen (secondary N) is 1. The number of hydrogen-bond donors (Lipinski definition) is 2. The van der Waals surface area contributed by atoms with Crippen LogP contribution >= 0.6 is 12.2 Å². The molecule has 132 valence electrons. The third-order valence-corrected chi connectivity index (χ3v) is 4.03. The molecule has 0 saturated heterocycles. The van der Waals surface area contributed by atoms with E-state index in [-0.39, 0.29) is 30.7 Å². The lowest BCUT2D eigenvalue weighted by molar-refractivity contribution is -0.294. The van der Waals surface area contributed by atoms with Crippen molar-refractivity contribution in [1.82, 2.24) is 10.3 Å². The van der Waals surface area contributed by atoms with Crippen LogP contribution in [0.2, 0.25) is 0 Å². The number of halogens is 4. The van der Waals surface area contributed by atoms with Crippen molar-refractivity contribution in [2.75, 3.05) is 6.54 Å². The van der Waals surface area contributed by atoms with Crippen molar-refractivity contribution < 1.29 is 22.7 Å². The van der Waals surface area contributed by atoms with Crippen molar-refractivity contribution in [3.05, 3.63) is 35.7 Å². The number of allylic oxidation sites excluding steroid dienone is 4. The van der Waals surface area contributed by atoms with Gasteiger partial charge in [-0.1, -0.05) is 31.2 Å². The van der Waals surface area contributed by atoms with Gasteiger partial charge in [0.1, 0.15) is 5.83 Å². The molecule has 0 saturated carbocycles. The third kappa shape index (κ3) is 3.67. The first-order valence-corrected chi connectivity index (χ1v) is 7.74. The summed E-state index contributed by atoms with van der Waals surface area (Å²) in [4.78, 5) is 0. The molecule has 1 unspecified atom stereocenters. The summed E-state index contributed by atoms with van der Waals surface area (Å²) in [6.07, 6.45) is 1.18. The topological polar surface area (TPSA) is 47.9 Å². The lowest BCUT2D eigenvalue weighted by Gasteiger charge is -2.34. The molecule has 2 aliphatic rings. The van der Waals surface area contributed by atoms with E-state index < -0.39 is 29.3 Å². The summed E-state index contributed by atoms with van der Waals surface area (Å²) in [5.74, 6) is -0.402. The van der Waals surface area contributed by atoms with Crippen molar-refractivity contribution in [2.24, 2.45) is 5.10 Å². The van der Waals surface area contributed by atoms with Gasteiger partial charge >= 0.3 is 6.18 Å². The highest BCUT2D eigenvalue weighted by Gasteiger charge is 2.62. The van der Waals surface area contributed by atoms with E-state index >= 15 is 0 Å². The highest BCUT2D eigenvalue weighted by atomic mass is 32.1. The molecular formula is C15H17F4N3OS. The average molecular weight is 363 g/mol. The Morgan fingerprint density at radius 2 is 2.17 bits per heavy atom. The predicted octanol–water partition coefficient (Wildman–Crippen LogP) is 3.32. The zero-order valence-electron chi connectivity index (χ0n) is 12.9. The third-order valence-electron chi connectivity index (χ3n) is 3.72. The lowest BCUT2D eigenvalue weighted by Crippen LogP contribution is -2.58. The fraction of sp³-hybridized carbons (Fsp3) is 0.467. The first kappa shape index (κ1) is 18.6. The molecule has 1 heterocycles. The van der Waals surface area contributed by atoms with Crippen LogP contribution in [-0.4, -0.2) is 39.4 Å². The summed E-state index contributed by atoms with van der Waals surface area (Å²) in [7, 11) is 0. The van der Waals surface area contributed by atoms with Crippen molar-refractivity contribution in [2.45, 2.75) is 38.1 Å². The number of aliphatic hydroxyl groups is 1. The van der Waals surface area contributed by atoms with E-state index in [1.165, 1.54) is 6.08 Å².